The summed E-state index contributed by atoms with van der Waals surface area (Å²) >= 11 is 1.49. The lowest BCUT2D eigenvalue weighted by Gasteiger charge is -2.20. The number of nitrogens with zero attached hydrogens (tertiary/aromatic N) is 1. The van der Waals surface area contributed by atoms with Crippen LogP contribution >= 0.6 is 11.3 Å². The minimum Gasteiger partial charge on any atom is -0.356 e. The van der Waals surface area contributed by atoms with Gasteiger partial charge in [-0.05, 0) is 54.9 Å². The Labute approximate surface area is 188 Å². The monoisotopic (exact) mass is 462 g/mol. The van der Waals surface area contributed by atoms with Crippen LogP contribution in [-0.2, 0) is 24.1 Å². The number of halogens is 3. The van der Waals surface area contributed by atoms with E-state index in [2.05, 4.69) is 24.3 Å². The molecular formula is C24H25F3N2O2S. The van der Waals surface area contributed by atoms with Gasteiger partial charge in [-0.3, -0.25) is 4.79 Å². The zero-order valence-corrected chi connectivity index (χ0v) is 19.2. The van der Waals surface area contributed by atoms with E-state index in [4.69, 9.17) is 4.52 Å². The van der Waals surface area contributed by atoms with Crippen LogP contribution in [0.25, 0.3) is 17.0 Å². The molecule has 1 amide bonds. The van der Waals surface area contributed by atoms with Crippen molar-refractivity contribution in [3.8, 4) is 0 Å². The highest BCUT2D eigenvalue weighted by Gasteiger charge is 2.40. The van der Waals surface area contributed by atoms with E-state index in [1.54, 1.807) is 12.1 Å². The van der Waals surface area contributed by atoms with Crippen LogP contribution in [0.1, 0.15) is 58.8 Å². The number of thiophene rings is 1. The lowest BCUT2D eigenvalue weighted by Crippen LogP contribution is -2.24. The number of carbonyl (C=O) groups is 1. The van der Waals surface area contributed by atoms with E-state index in [0.717, 1.165) is 37.5 Å². The molecule has 3 aromatic rings. The van der Waals surface area contributed by atoms with Gasteiger partial charge < -0.3 is 9.84 Å². The van der Waals surface area contributed by atoms with Gasteiger partial charge >= 0.3 is 6.18 Å². The van der Waals surface area contributed by atoms with Gasteiger partial charge in [0.1, 0.15) is 0 Å². The molecule has 1 aliphatic carbocycles. The summed E-state index contributed by atoms with van der Waals surface area (Å²) < 4.78 is 45.2. The van der Waals surface area contributed by atoms with E-state index in [1.807, 2.05) is 13.0 Å². The topological polar surface area (TPSA) is 55.1 Å². The van der Waals surface area contributed by atoms with Crippen molar-refractivity contribution in [3.63, 3.8) is 0 Å². The molecule has 0 saturated heterocycles. The maximum Gasteiger partial charge on any atom is 0.395 e. The van der Waals surface area contributed by atoms with Crippen LogP contribution in [0.4, 0.5) is 18.9 Å². The molecule has 170 valence electrons. The Balaban J connectivity index is 1.60. The summed E-state index contributed by atoms with van der Waals surface area (Å²) in [5.74, 6) is -1.35. The fourth-order valence-electron chi connectivity index (χ4n) is 4.30. The highest BCUT2D eigenvalue weighted by atomic mass is 32.1. The van der Waals surface area contributed by atoms with E-state index < -0.39 is 12.1 Å². The minimum absolute atomic E-state index is 0.0116. The molecule has 1 atom stereocenters. The Morgan fingerprint density at radius 1 is 1.31 bits per heavy atom. The molecule has 2 aromatic heterocycles. The second-order valence-electron chi connectivity index (χ2n) is 8.62. The zero-order valence-electron chi connectivity index (χ0n) is 18.4. The summed E-state index contributed by atoms with van der Waals surface area (Å²) in [5.41, 5.74) is 5.10. The van der Waals surface area contributed by atoms with Gasteiger partial charge in [-0.1, -0.05) is 31.2 Å². The zero-order chi connectivity index (χ0) is 23.2. The summed E-state index contributed by atoms with van der Waals surface area (Å²) in [6.45, 7) is 7.52. The third-order valence-electron chi connectivity index (χ3n) is 5.83. The number of benzene rings is 1. The van der Waals surface area contributed by atoms with Gasteiger partial charge in [0, 0.05) is 33.8 Å². The van der Waals surface area contributed by atoms with Crippen LogP contribution in [0.2, 0.25) is 0 Å². The molecule has 0 aliphatic heterocycles. The summed E-state index contributed by atoms with van der Waals surface area (Å²) in [7, 11) is 0. The quantitative estimate of drug-likeness (QED) is 0.453. The standard InChI is InChI=1S/C24H25F3N2O2S/c1-12(2)23-16-6-5-15(24(25,26)27)10-22(16)32-21(23)8-7-18-17-9-13(3)19(28-14(4)30)11-20(17)31-29-18/h5-6,9,11-12,15H,7-8,10H2,1-4H3,(H,28,30). The molecule has 4 nitrogen and oxygen atoms in total. The fraction of sp³-hybridized carbons (Fsp3) is 0.417. The summed E-state index contributed by atoms with van der Waals surface area (Å²) in [5, 5.41) is 7.90. The van der Waals surface area contributed by atoms with Crippen molar-refractivity contribution >= 4 is 40.0 Å². The van der Waals surface area contributed by atoms with Gasteiger partial charge in [-0.15, -0.1) is 11.3 Å². The molecule has 0 saturated carbocycles. The number of fused-ring (bicyclic) bond motifs is 2. The van der Waals surface area contributed by atoms with Crippen LogP contribution < -0.4 is 5.32 Å². The maximum absolute atomic E-state index is 13.2. The first-order valence-electron chi connectivity index (χ1n) is 10.6. The van der Waals surface area contributed by atoms with Crippen LogP contribution in [0, 0.1) is 12.8 Å². The van der Waals surface area contributed by atoms with Crippen molar-refractivity contribution in [3.05, 3.63) is 50.3 Å². The van der Waals surface area contributed by atoms with E-state index in [0.29, 0.717) is 24.1 Å². The molecule has 1 unspecified atom stereocenters. The Bertz CT molecular complexity index is 1200. The Morgan fingerprint density at radius 2 is 2.06 bits per heavy atom. The molecule has 0 radical (unpaired) electrons. The Morgan fingerprint density at radius 3 is 2.72 bits per heavy atom. The molecule has 1 aliphatic rings. The molecular weight excluding hydrogens is 437 g/mol. The molecule has 32 heavy (non-hydrogen) atoms. The fourth-order valence-corrected chi connectivity index (χ4v) is 5.80. The van der Waals surface area contributed by atoms with Gasteiger partial charge in [0.2, 0.25) is 5.91 Å². The average Bonchev–Trinajstić information content (AvgIpc) is 3.25. The van der Waals surface area contributed by atoms with Crippen LogP contribution in [-0.4, -0.2) is 17.2 Å². The Hall–Kier alpha value is -2.61. The maximum atomic E-state index is 13.2. The number of aryl methyl sites for hydroxylation is 3. The number of alkyl halides is 3. The van der Waals surface area contributed by atoms with Crippen LogP contribution in [0.5, 0.6) is 0 Å². The van der Waals surface area contributed by atoms with E-state index >= 15 is 0 Å². The van der Waals surface area contributed by atoms with Crippen molar-refractivity contribution < 1.29 is 22.5 Å². The third-order valence-corrected chi connectivity index (χ3v) is 7.13. The van der Waals surface area contributed by atoms with Gasteiger partial charge in [0.15, 0.2) is 5.58 Å². The molecule has 1 N–H and O–H groups in total. The molecule has 0 bridgehead atoms. The number of rotatable bonds is 5. The first-order valence-corrected chi connectivity index (χ1v) is 11.4. The van der Waals surface area contributed by atoms with Crippen molar-refractivity contribution in [1.82, 2.24) is 5.16 Å². The first kappa shape index (κ1) is 22.6. The van der Waals surface area contributed by atoms with E-state index in [1.165, 1.54) is 24.3 Å². The van der Waals surface area contributed by atoms with Crippen LogP contribution in [0.15, 0.2) is 22.7 Å². The summed E-state index contributed by atoms with van der Waals surface area (Å²) in [6.07, 6.45) is 0.0545. The van der Waals surface area contributed by atoms with Crippen molar-refractivity contribution in [1.29, 1.82) is 0 Å². The predicted molar refractivity (Wildman–Crippen MR) is 121 cm³/mol. The second kappa shape index (κ2) is 8.39. The van der Waals surface area contributed by atoms with Gasteiger partial charge in [-0.2, -0.15) is 13.2 Å². The largest absolute Gasteiger partial charge is 0.395 e. The van der Waals surface area contributed by atoms with E-state index in [-0.39, 0.29) is 18.2 Å². The SMILES string of the molecule is CC(=O)Nc1cc2onc(CCc3sc4c(c3C(C)C)C=CC(C(F)(F)F)C4)c2cc1C. The lowest BCUT2D eigenvalue weighted by molar-refractivity contribution is -0.160. The summed E-state index contributed by atoms with van der Waals surface area (Å²) in [4.78, 5) is 13.3. The van der Waals surface area contributed by atoms with Crippen molar-refractivity contribution in [2.75, 3.05) is 5.32 Å². The molecule has 8 heteroatoms. The van der Waals surface area contributed by atoms with Gasteiger partial charge in [0.25, 0.3) is 0 Å². The number of nitrogens with one attached hydrogen (secondary N) is 1. The number of allylic oxidation sites excluding steroid dienone is 1. The average molecular weight is 463 g/mol. The molecule has 2 heterocycles. The molecule has 0 spiro atoms. The number of amides is 1. The number of aromatic nitrogens is 1. The molecule has 0 fully saturated rings. The van der Waals surface area contributed by atoms with Crippen molar-refractivity contribution in [2.45, 2.75) is 59.1 Å². The van der Waals surface area contributed by atoms with Crippen molar-refractivity contribution in [2.24, 2.45) is 5.92 Å². The second-order valence-corrected chi connectivity index (χ2v) is 9.81. The summed E-state index contributed by atoms with van der Waals surface area (Å²) in [6, 6.07) is 3.72. The molecule has 1 aromatic carbocycles. The van der Waals surface area contributed by atoms with Gasteiger partial charge in [-0.25, -0.2) is 0 Å². The first-order chi connectivity index (χ1) is 15.0. The predicted octanol–water partition coefficient (Wildman–Crippen LogP) is 6.81. The van der Waals surface area contributed by atoms with E-state index in [9.17, 15) is 18.0 Å². The highest BCUT2D eigenvalue weighted by Crippen LogP contribution is 2.43. The normalized spacial score (nSPS) is 16.1. The highest BCUT2D eigenvalue weighted by molar-refractivity contribution is 7.12. The number of hydrogen-bond donors (Lipinski definition) is 1. The van der Waals surface area contributed by atoms with Crippen LogP contribution in [0.3, 0.4) is 0 Å². The lowest BCUT2D eigenvalue weighted by atomic mass is 9.89. The van der Waals surface area contributed by atoms with Gasteiger partial charge in [0.05, 0.1) is 11.6 Å². The smallest absolute Gasteiger partial charge is 0.356 e. The number of hydrogen-bond acceptors (Lipinski definition) is 4. The third kappa shape index (κ3) is 4.33. The number of anilines is 1. The molecule has 4 rings (SSSR count). The Kier molecular flexibility index (Phi) is 5.92. The minimum atomic E-state index is -4.22. The number of carbonyl (C=O) groups excluding carboxylic acids is 1.